The first-order chi connectivity index (χ1) is 11.2. The number of anilines is 2. The number of nitrogens with two attached hydrogens (primary N) is 1. The fourth-order valence-electron chi connectivity index (χ4n) is 2.50. The number of hydrogen-bond acceptors (Lipinski definition) is 4. The molecule has 0 saturated carbocycles. The normalized spacial score (nSPS) is 14.3. The second kappa shape index (κ2) is 7.00. The Kier molecular flexibility index (Phi) is 4.61. The molecule has 0 atom stereocenters. The molecule has 1 saturated heterocycles. The smallest absolute Gasteiger partial charge is 0.323 e. The third kappa shape index (κ3) is 4.12. The van der Waals surface area contributed by atoms with Gasteiger partial charge in [0.05, 0.1) is 0 Å². The van der Waals surface area contributed by atoms with E-state index in [1.165, 1.54) is 6.42 Å². The number of carbonyl (C=O) groups excluding carboxylic acids is 1. The standard InChI is InChI=1S/C17H20N4O2/c18-13-4-6-14(7-5-13)23-15-8-9-19-16(12-15)20-17(22)21-10-2-1-3-11-21/h4-9,12H,1-3,10-11,18H2,(H,19,20,22). The molecule has 2 amide bonds. The van der Waals surface area contributed by atoms with E-state index in [1.54, 1.807) is 42.6 Å². The van der Waals surface area contributed by atoms with Crippen LogP contribution in [0.5, 0.6) is 11.5 Å². The molecule has 1 aromatic carbocycles. The topological polar surface area (TPSA) is 80.5 Å². The predicted molar refractivity (Wildman–Crippen MR) is 89.6 cm³/mol. The van der Waals surface area contributed by atoms with Crippen LogP contribution in [-0.4, -0.2) is 29.0 Å². The van der Waals surface area contributed by atoms with Crippen LogP contribution in [0.2, 0.25) is 0 Å². The largest absolute Gasteiger partial charge is 0.457 e. The van der Waals surface area contributed by atoms with Gasteiger partial charge in [0.1, 0.15) is 17.3 Å². The van der Waals surface area contributed by atoms with Gasteiger partial charge in [-0.2, -0.15) is 0 Å². The molecule has 3 N–H and O–H groups in total. The number of carbonyl (C=O) groups is 1. The van der Waals surface area contributed by atoms with Gasteiger partial charge in [-0.3, -0.25) is 5.32 Å². The molecule has 0 radical (unpaired) electrons. The van der Waals surface area contributed by atoms with Gasteiger partial charge < -0.3 is 15.4 Å². The van der Waals surface area contributed by atoms with Gasteiger partial charge in [-0.1, -0.05) is 0 Å². The Morgan fingerprint density at radius 2 is 1.83 bits per heavy atom. The number of nitrogens with zero attached hydrogens (tertiary/aromatic N) is 2. The summed E-state index contributed by atoms with van der Waals surface area (Å²) in [6, 6.07) is 10.5. The van der Waals surface area contributed by atoms with Gasteiger partial charge >= 0.3 is 6.03 Å². The van der Waals surface area contributed by atoms with E-state index in [0.717, 1.165) is 25.9 Å². The number of nitrogen functional groups attached to an aromatic ring is 1. The molecule has 0 unspecified atom stereocenters. The molecule has 0 spiro atoms. The summed E-state index contributed by atoms with van der Waals surface area (Å²) in [5.74, 6) is 1.77. The molecule has 2 heterocycles. The van der Waals surface area contributed by atoms with Crippen molar-refractivity contribution < 1.29 is 9.53 Å². The lowest BCUT2D eigenvalue weighted by molar-refractivity contribution is 0.200. The summed E-state index contributed by atoms with van der Waals surface area (Å²) in [6.07, 6.45) is 4.91. The van der Waals surface area contributed by atoms with Crippen LogP contribution in [0.4, 0.5) is 16.3 Å². The number of likely N-dealkylation sites (tertiary alicyclic amines) is 1. The van der Waals surface area contributed by atoms with Gasteiger partial charge in [-0.15, -0.1) is 0 Å². The number of hydrogen-bond donors (Lipinski definition) is 2. The van der Waals surface area contributed by atoms with Crippen molar-refractivity contribution in [3.8, 4) is 11.5 Å². The van der Waals surface area contributed by atoms with E-state index in [-0.39, 0.29) is 6.03 Å². The second-order valence-corrected chi connectivity index (χ2v) is 5.53. The van der Waals surface area contributed by atoms with Crippen LogP contribution in [0.15, 0.2) is 42.6 Å². The van der Waals surface area contributed by atoms with Crippen molar-refractivity contribution in [1.29, 1.82) is 0 Å². The summed E-state index contributed by atoms with van der Waals surface area (Å²) in [4.78, 5) is 18.2. The van der Waals surface area contributed by atoms with Gasteiger partial charge in [0.2, 0.25) is 0 Å². The molecule has 1 aromatic heterocycles. The lowest BCUT2D eigenvalue weighted by Gasteiger charge is -2.26. The van der Waals surface area contributed by atoms with E-state index in [0.29, 0.717) is 23.0 Å². The second-order valence-electron chi connectivity index (χ2n) is 5.53. The summed E-state index contributed by atoms with van der Waals surface area (Å²) in [5, 5.41) is 2.82. The minimum atomic E-state index is -0.109. The molecule has 1 fully saturated rings. The summed E-state index contributed by atoms with van der Waals surface area (Å²) < 4.78 is 5.74. The maximum Gasteiger partial charge on any atom is 0.323 e. The van der Waals surface area contributed by atoms with E-state index in [1.807, 2.05) is 4.90 Å². The number of piperidine rings is 1. The van der Waals surface area contributed by atoms with Crippen molar-refractivity contribution in [1.82, 2.24) is 9.88 Å². The van der Waals surface area contributed by atoms with E-state index >= 15 is 0 Å². The van der Waals surface area contributed by atoms with Crippen molar-refractivity contribution in [2.45, 2.75) is 19.3 Å². The molecule has 23 heavy (non-hydrogen) atoms. The molecule has 1 aliphatic rings. The van der Waals surface area contributed by atoms with Crippen LogP contribution in [0, 0.1) is 0 Å². The molecule has 2 aromatic rings. The highest BCUT2D eigenvalue weighted by Gasteiger charge is 2.16. The van der Waals surface area contributed by atoms with Gasteiger partial charge in [-0.05, 0) is 49.6 Å². The molecule has 6 heteroatoms. The third-order valence-corrected chi connectivity index (χ3v) is 3.73. The van der Waals surface area contributed by atoms with Gasteiger partial charge in [0.15, 0.2) is 0 Å². The zero-order valence-electron chi connectivity index (χ0n) is 12.9. The highest BCUT2D eigenvalue weighted by molar-refractivity contribution is 5.88. The van der Waals surface area contributed by atoms with Crippen LogP contribution >= 0.6 is 0 Å². The fourth-order valence-corrected chi connectivity index (χ4v) is 2.50. The monoisotopic (exact) mass is 312 g/mol. The Morgan fingerprint density at radius 3 is 2.57 bits per heavy atom. The zero-order valence-corrected chi connectivity index (χ0v) is 12.9. The average molecular weight is 312 g/mol. The summed E-state index contributed by atoms with van der Waals surface area (Å²) in [7, 11) is 0. The minimum absolute atomic E-state index is 0.109. The lowest BCUT2D eigenvalue weighted by Crippen LogP contribution is -2.38. The summed E-state index contributed by atoms with van der Waals surface area (Å²) >= 11 is 0. The Labute approximate surface area is 135 Å². The molecule has 0 bridgehead atoms. The van der Waals surface area contributed by atoms with Gasteiger partial charge in [-0.25, -0.2) is 9.78 Å². The average Bonchev–Trinajstić information content (AvgIpc) is 2.58. The minimum Gasteiger partial charge on any atom is -0.457 e. The Bertz CT molecular complexity index is 667. The van der Waals surface area contributed by atoms with Crippen molar-refractivity contribution in [2.75, 3.05) is 24.1 Å². The molecular formula is C17H20N4O2. The first-order valence-electron chi connectivity index (χ1n) is 7.76. The van der Waals surface area contributed by atoms with Crippen LogP contribution in [0.3, 0.4) is 0 Å². The molecular weight excluding hydrogens is 292 g/mol. The molecule has 6 nitrogen and oxygen atoms in total. The predicted octanol–water partition coefficient (Wildman–Crippen LogP) is 3.47. The van der Waals surface area contributed by atoms with Crippen molar-refractivity contribution in [3.05, 3.63) is 42.6 Å². The first-order valence-corrected chi connectivity index (χ1v) is 7.76. The van der Waals surface area contributed by atoms with E-state index in [9.17, 15) is 4.79 Å². The number of amides is 2. The Morgan fingerprint density at radius 1 is 1.09 bits per heavy atom. The zero-order chi connectivity index (χ0) is 16.1. The third-order valence-electron chi connectivity index (χ3n) is 3.73. The van der Waals surface area contributed by atoms with Crippen molar-refractivity contribution in [2.24, 2.45) is 0 Å². The van der Waals surface area contributed by atoms with Crippen LogP contribution in [0.25, 0.3) is 0 Å². The lowest BCUT2D eigenvalue weighted by atomic mass is 10.1. The van der Waals surface area contributed by atoms with Crippen LogP contribution in [0.1, 0.15) is 19.3 Å². The van der Waals surface area contributed by atoms with Crippen LogP contribution < -0.4 is 15.8 Å². The van der Waals surface area contributed by atoms with E-state index in [2.05, 4.69) is 10.3 Å². The number of aromatic nitrogens is 1. The molecule has 0 aliphatic carbocycles. The van der Waals surface area contributed by atoms with E-state index < -0.39 is 0 Å². The number of rotatable bonds is 3. The maximum atomic E-state index is 12.2. The maximum absolute atomic E-state index is 12.2. The highest BCUT2D eigenvalue weighted by Crippen LogP contribution is 2.24. The fraction of sp³-hybridized carbons (Fsp3) is 0.294. The number of urea groups is 1. The quantitative estimate of drug-likeness (QED) is 0.850. The summed E-state index contributed by atoms with van der Waals surface area (Å²) in [6.45, 7) is 1.60. The molecule has 1 aliphatic heterocycles. The number of benzene rings is 1. The molecule has 3 rings (SSSR count). The number of pyridine rings is 1. The number of nitrogens with one attached hydrogen (secondary N) is 1. The van der Waals surface area contributed by atoms with Gasteiger partial charge in [0.25, 0.3) is 0 Å². The first kappa shape index (κ1) is 15.1. The number of ether oxygens (including phenoxy) is 1. The highest BCUT2D eigenvalue weighted by atomic mass is 16.5. The SMILES string of the molecule is Nc1ccc(Oc2ccnc(NC(=O)N3CCCCC3)c2)cc1. The molecule has 120 valence electrons. The van der Waals surface area contributed by atoms with Crippen molar-refractivity contribution >= 4 is 17.5 Å². The van der Waals surface area contributed by atoms with Crippen molar-refractivity contribution in [3.63, 3.8) is 0 Å². The van der Waals surface area contributed by atoms with E-state index in [4.69, 9.17) is 10.5 Å². The van der Waals surface area contributed by atoms with Gasteiger partial charge in [0, 0.05) is 31.0 Å². The van der Waals surface area contributed by atoms with Crippen LogP contribution in [-0.2, 0) is 0 Å². The Hall–Kier alpha value is -2.76. The Balaban J connectivity index is 1.64. The summed E-state index contributed by atoms with van der Waals surface area (Å²) in [5.41, 5.74) is 6.33.